The number of carbonyl (C=O) groups is 2. The SMILES string of the molecule is O=C(O)CCOc1cccc(C=CC(=O)c2cccc(O)c2)c1. The highest BCUT2D eigenvalue weighted by molar-refractivity contribution is 6.07. The Morgan fingerprint density at radius 1 is 1.09 bits per heavy atom. The molecule has 0 unspecified atom stereocenters. The molecule has 5 nitrogen and oxygen atoms in total. The zero-order valence-corrected chi connectivity index (χ0v) is 12.3. The topological polar surface area (TPSA) is 83.8 Å². The number of hydrogen-bond acceptors (Lipinski definition) is 4. The molecule has 0 fully saturated rings. The molecule has 0 saturated heterocycles. The van der Waals surface area contributed by atoms with Gasteiger partial charge in [0.2, 0.25) is 0 Å². The van der Waals surface area contributed by atoms with Gasteiger partial charge in [-0.25, -0.2) is 0 Å². The number of ether oxygens (including phenoxy) is 1. The Morgan fingerprint density at radius 2 is 1.87 bits per heavy atom. The number of rotatable bonds is 7. The van der Waals surface area contributed by atoms with E-state index in [0.29, 0.717) is 11.3 Å². The molecule has 23 heavy (non-hydrogen) atoms. The second-order valence-corrected chi connectivity index (χ2v) is 4.81. The summed E-state index contributed by atoms with van der Waals surface area (Å²) >= 11 is 0. The van der Waals surface area contributed by atoms with E-state index in [9.17, 15) is 14.7 Å². The molecule has 0 aliphatic rings. The maximum atomic E-state index is 12.0. The van der Waals surface area contributed by atoms with Crippen LogP contribution in [-0.2, 0) is 4.79 Å². The van der Waals surface area contributed by atoms with Crippen LogP contribution in [-0.4, -0.2) is 28.6 Å². The van der Waals surface area contributed by atoms with Gasteiger partial charge >= 0.3 is 5.97 Å². The van der Waals surface area contributed by atoms with Gasteiger partial charge in [-0.05, 0) is 35.9 Å². The van der Waals surface area contributed by atoms with Crippen LogP contribution in [0.2, 0.25) is 0 Å². The van der Waals surface area contributed by atoms with Crippen molar-refractivity contribution >= 4 is 17.8 Å². The summed E-state index contributed by atoms with van der Waals surface area (Å²) in [7, 11) is 0. The third kappa shape index (κ3) is 5.32. The maximum absolute atomic E-state index is 12.0. The predicted octanol–water partition coefficient (Wildman–Crippen LogP) is 3.14. The highest BCUT2D eigenvalue weighted by Gasteiger charge is 2.03. The number of carbonyl (C=O) groups excluding carboxylic acids is 1. The summed E-state index contributed by atoms with van der Waals surface area (Å²) in [5, 5.41) is 17.9. The van der Waals surface area contributed by atoms with E-state index in [-0.39, 0.29) is 24.6 Å². The first kappa shape index (κ1) is 16.3. The lowest BCUT2D eigenvalue weighted by Crippen LogP contribution is -2.04. The summed E-state index contributed by atoms with van der Waals surface area (Å²) in [5.74, 6) is -0.563. The minimum atomic E-state index is -0.919. The normalized spacial score (nSPS) is 10.6. The molecule has 118 valence electrons. The molecule has 2 rings (SSSR count). The van der Waals surface area contributed by atoms with Crippen LogP contribution in [0.1, 0.15) is 22.3 Å². The van der Waals surface area contributed by atoms with Gasteiger partial charge in [0.05, 0.1) is 13.0 Å². The maximum Gasteiger partial charge on any atom is 0.306 e. The average Bonchev–Trinajstić information content (AvgIpc) is 2.52. The van der Waals surface area contributed by atoms with Crippen LogP contribution < -0.4 is 4.74 Å². The molecule has 0 heterocycles. The standard InChI is InChI=1S/C18H16O5/c19-15-5-2-4-14(12-15)17(20)8-7-13-3-1-6-16(11-13)23-10-9-18(21)22/h1-8,11-12,19H,9-10H2,(H,21,22). The Hall–Kier alpha value is -3.08. The third-order valence-corrected chi connectivity index (χ3v) is 3.00. The number of allylic oxidation sites excluding steroid dienone is 1. The van der Waals surface area contributed by atoms with Gasteiger partial charge in [-0.3, -0.25) is 9.59 Å². The lowest BCUT2D eigenvalue weighted by Gasteiger charge is -2.05. The number of benzene rings is 2. The molecule has 0 atom stereocenters. The van der Waals surface area contributed by atoms with E-state index in [4.69, 9.17) is 9.84 Å². The first-order valence-electron chi connectivity index (χ1n) is 7.01. The van der Waals surface area contributed by atoms with Crippen LogP contribution in [0, 0.1) is 0 Å². The number of carboxylic acids is 1. The largest absolute Gasteiger partial charge is 0.508 e. The Morgan fingerprint density at radius 3 is 2.61 bits per heavy atom. The van der Waals surface area contributed by atoms with Crippen LogP contribution in [0.4, 0.5) is 0 Å². The highest BCUT2D eigenvalue weighted by atomic mass is 16.5. The van der Waals surface area contributed by atoms with Crippen LogP contribution >= 0.6 is 0 Å². The number of hydrogen-bond donors (Lipinski definition) is 2. The Kier molecular flexibility index (Phi) is 5.52. The molecule has 2 N–H and O–H groups in total. The molecule has 0 saturated carbocycles. The van der Waals surface area contributed by atoms with Crippen molar-refractivity contribution in [3.8, 4) is 11.5 Å². The van der Waals surface area contributed by atoms with E-state index in [1.165, 1.54) is 18.2 Å². The van der Waals surface area contributed by atoms with Crippen LogP contribution in [0.3, 0.4) is 0 Å². The van der Waals surface area contributed by atoms with Crippen LogP contribution in [0.5, 0.6) is 11.5 Å². The molecule has 5 heteroatoms. The van der Waals surface area contributed by atoms with Crippen molar-refractivity contribution in [1.82, 2.24) is 0 Å². The minimum absolute atomic E-state index is 0.0399. The van der Waals surface area contributed by atoms with Crippen molar-refractivity contribution in [3.05, 3.63) is 65.7 Å². The minimum Gasteiger partial charge on any atom is -0.508 e. The number of carboxylic acid groups (broad SMARTS) is 1. The van der Waals surface area contributed by atoms with E-state index in [1.807, 2.05) is 0 Å². The Balaban J connectivity index is 2.02. The first-order chi connectivity index (χ1) is 11.0. The zero-order chi connectivity index (χ0) is 16.7. The van der Waals surface area contributed by atoms with Gasteiger partial charge in [0, 0.05) is 5.56 Å². The fraction of sp³-hybridized carbons (Fsp3) is 0.111. The summed E-state index contributed by atoms with van der Waals surface area (Å²) in [6, 6.07) is 13.1. The van der Waals surface area contributed by atoms with E-state index >= 15 is 0 Å². The molecule has 0 aliphatic carbocycles. The second-order valence-electron chi connectivity index (χ2n) is 4.81. The molecule has 2 aromatic rings. The zero-order valence-electron chi connectivity index (χ0n) is 12.3. The van der Waals surface area contributed by atoms with Crippen molar-refractivity contribution in [1.29, 1.82) is 0 Å². The van der Waals surface area contributed by atoms with E-state index in [1.54, 1.807) is 42.5 Å². The van der Waals surface area contributed by atoms with Gasteiger partial charge in [0.1, 0.15) is 11.5 Å². The Labute approximate surface area is 133 Å². The number of aromatic hydroxyl groups is 1. The van der Waals surface area contributed by atoms with Gasteiger partial charge in [-0.15, -0.1) is 0 Å². The number of ketones is 1. The number of phenols is 1. The number of phenolic OH excluding ortho intramolecular Hbond substituents is 1. The molecule has 0 spiro atoms. The molecule has 0 aromatic heterocycles. The molecular weight excluding hydrogens is 296 g/mol. The van der Waals surface area contributed by atoms with Crippen molar-refractivity contribution in [2.75, 3.05) is 6.61 Å². The third-order valence-electron chi connectivity index (χ3n) is 3.00. The van der Waals surface area contributed by atoms with Crippen molar-refractivity contribution in [3.63, 3.8) is 0 Å². The highest BCUT2D eigenvalue weighted by Crippen LogP contribution is 2.16. The average molecular weight is 312 g/mol. The lowest BCUT2D eigenvalue weighted by atomic mass is 10.1. The first-order valence-corrected chi connectivity index (χ1v) is 7.01. The van der Waals surface area contributed by atoms with Crippen LogP contribution in [0.15, 0.2) is 54.6 Å². The molecule has 0 aliphatic heterocycles. The summed E-state index contributed by atoms with van der Waals surface area (Å²) < 4.78 is 5.33. The molecule has 0 bridgehead atoms. The summed E-state index contributed by atoms with van der Waals surface area (Å²) in [6.07, 6.45) is 2.97. The smallest absolute Gasteiger partial charge is 0.306 e. The fourth-order valence-electron chi connectivity index (χ4n) is 1.89. The molecule has 0 radical (unpaired) electrons. The van der Waals surface area contributed by atoms with E-state index in [0.717, 1.165) is 5.56 Å². The van der Waals surface area contributed by atoms with Gasteiger partial charge in [0.15, 0.2) is 5.78 Å². The fourth-order valence-corrected chi connectivity index (χ4v) is 1.89. The van der Waals surface area contributed by atoms with Gasteiger partial charge < -0.3 is 14.9 Å². The summed E-state index contributed by atoms with van der Waals surface area (Å²) in [6.45, 7) is 0.0880. The number of aliphatic carboxylic acids is 1. The predicted molar refractivity (Wildman–Crippen MR) is 85.7 cm³/mol. The molecule has 0 amide bonds. The quantitative estimate of drug-likeness (QED) is 0.606. The van der Waals surface area contributed by atoms with Gasteiger partial charge in [0.25, 0.3) is 0 Å². The van der Waals surface area contributed by atoms with Gasteiger partial charge in [-0.1, -0.05) is 30.3 Å². The summed E-state index contributed by atoms with van der Waals surface area (Å²) in [4.78, 5) is 22.5. The second kappa shape index (κ2) is 7.79. The van der Waals surface area contributed by atoms with Crippen molar-refractivity contribution in [2.45, 2.75) is 6.42 Å². The molecular formula is C18H16O5. The van der Waals surface area contributed by atoms with E-state index in [2.05, 4.69) is 0 Å². The molecule has 2 aromatic carbocycles. The van der Waals surface area contributed by atoms with Gasteiger partial charge in [-0.2, -0.15) is 0 Å². The Bertz CT molecular complexity index is 734. The summed E-state index contributed by atoms with van der Waals surface area (Å²) in [5.41, 5.74) is 1.15. The van der Waals surface area contributed by atoms with Crippen molar-refractivity contribution < 1.29 is 24.5 Å². The van der Waals surface area contributed by atoms with Crippen molar-refractivity contribution in [2.24, 2.45) is 0 Å². The van der Waals surface area contributed by atoms with E-state index < -0.39 is 5.97 Å². The van der Waals surface area contributed by atoms with Crippen LogP contribution in [0.25, 0.3) is 6.08 Å². The lowest BCUT2D eigenvalue weighted by molar-refractivity contribution is -0.137. The monoisotopic (exact) mass is 312 g/mol.